The summed E-state index contributed by atoms with van der Waals surface area (Å²) in [6.07, 6.45) is 1.25. The first-order valence-corrected chi connectivity index (χ1v) is 15.3. The van der Waals surface area contributed by atoms with Gasteiger partial charge in [-0.15, -0.1) is 11.3 Å². The summed E-state index contributed by atoms with van der Waals surface area (Å²) in [7, 11) is -3.97. The number of aryl methyl sites for hydroxylation is 1. The fourth-order valence-corrected chi connectivity index (χ4v) is 6.89. The van der Waals surface area contributed by atoms with Crippen molar-refractivity contribution in [3.63, 3.8) is 0 Å². The topological polar surface area (TPSA) is 128 Å². The monoisotopic (exact) mass is 584 g/mol. The van der Waals surface area contributed by atoms with Crippen molar-refractivity contribution < 1.29 is 32.3 Å². The van der Waals surface area contributed by atoms with Gasteiger partial charge in [0.2, 0.25) is 0 Å². The Hall–Kier alpha value is -3.70. The van der Waals surface area contributed by atoms with Crippen molar-refractivity contribution in [3.05, 3.63) is 75.7 Å². The van der Waals surface area contributed by atoms with Gasteiger partial charge in [-0.05, 0) is 81.8 Å². The molecule has 2 atom stereocenters. The predicted octanol–water partition coefficient (Wildman–Crippen LogP) is 5.34. The molecule has 0 spiro atoms. The number of rotatable bonds is 9. The van der Waals surface area contributed by atoms with Gasteiger partial charge < -0.3 is 14.8 Å². The second-order valence-electron chi connectivity index (χ2n) is 9.81. The molecule has 212 valence electrons. The maximum absolute atomic E-state index is 13.0. The van der Waals surface area contributed by atoms with E-state index in [9.17, 15) is 22.8 Å². The van der Waals surface area contributed by atoms with Crippen LogP contribution in [0.2, 0.25) is 0 Å². The zero-order valence-corrected chi connectivity index (χ0v) is 24.4. The molecule has 0 fully saturated rings. The molecule has 11 heteroatoms. The van der Waals surface area contributed by atoms with E-state index in [1.54, 1.807) is 31.2 Å². The van der Waals surface area contributed by atoms with Crippen molar-refractivity contribution in [3.8, 4) is 0 Å². The minimum absolute atomic E-state index is 0.0285. The lowest BCUT2D eigenvalue weighted by atomic mass is 9.88. The Morgan fingerprint density at radius 1 is 1.10 bits per heavy atom. The van der Waals surface area contributed by atoms with Crippen molar-refractivity contribution >= 4 is 49.9 Å². The number of nitrogens with one attached hydrogen (secondary N) is 2. The van der Waals surface area contributed by atoms with E-state index in [0.717, 1.165) is 35.3 Å². The van der Waals surface area contributed by atoms with E-state index in [-0.39, 0.29) is 17.1 Å². The molecule has 1 heterocycles. The lowest BCUT2D eigenvalue weighted by Crippen LogP contribution is -2.30. The largest absolute Gasteiger partial charge is 0.462 e. The van der Waals surface area contributed by atoms with Gasteiger partial charge in [0, 0.05) is 10.6 Å². The number of benzene rings is 2. The summed E-state index contributed by atoms with van der Waals surface area (Å²) in [6.45, 7) is 7.37. The molecule has 0 saturated carbocycles. The highest BCUT2D eigenvalue weighted by atomic mass is 32.2. The Bertz CT molecular complexity index is 1530. The van der Waals surface area contributed by atoms with Gasteiger partial charge in [-0.25, -0.2) is 18.0 Å². The first-order valence-electron chi connectivity index (χ1n) is 13.0. The minimum Gasteiger partial charge on any atom is -0.462 e. The fraction of sp³-hybridized carbons (Fsp3) is 0.345. The fourth-order valence-electron chi connectivity index (χ4n) is 4.38. The van der Waals surface area contributed by atoms with Gasteiger partial charge in [0.25, 0.3) is 15.9 Å². The summed E-state index contributed by atoms with van der Waals surface area (Å²) in [4.78, 5) is 39.5. The van der Waals surface area contributed by atoms with Crippen LogP contribution in [-0.2, 0) is 37.1 Å². The van der Waals surface area contributed by atoms with Gasteiger partial charge in [0.05, 0.1) is 22.6 Å². The highest BCUT2D eigenvalue weighted by molar-refractivity contribution is 7.92. The molecule has 4 rings (SSSR count). The predicted molar refractivity (Wildman–Crippen MR) is 153 cm³/mol. The minimum atomic E-state index is -3.97. The van der Waals surface area contributed by atoms with E-state index in [2.05, 4.69) is 17.0 Å². The number of ether oxygens (including phenoxy) is 2. The number of anilines is 2. The van der Waals surface area contributed by atoms with Crippen LogP contribution in [0.15, 0.2) is 53.4 Å². The summed E-state index contributed by atoms with van der Waals surface area (Å²) < 4.78 is 38.8. The number of esters is 2. The van der Waals surface area contributed by atoms with Gasteiger partial charge in [-0.2, -0.15) is 0 Å². The lowest BCUT2D eigenvalue weighted by molar-refractivity contribution is -0.123. The zero-order chi connectivity index (χ0) is 29.0. The van der Waals surface area contributed by atoms with Crippen LogP contribution in [0.4, 0.5) is 10.7 Å². The molecule has 2 aromatic carbocycles. The number of hydrogen-bond donors (Lipinski definition) is 2. The molecule has 0 saturated heterocycles. The first kappa shape index (κ1) is 29.3. The summed E-state index contributed by atoms with van der Waals surface area (Å²) in [5.74, 6) is -1.50. The van der Waals surface area contributed by atoms with E-state index >= 15 is 0 Å². The molecule has 0 radical (unpaired) electrons. The molecule has 9 nitrogen and oxygen atoms in total. The third-order valence-electron chi connectivity index (χ3n) is 6.56. The summed E-state index contributed by atoms with van der Waals surface area (Å²) >= 11 is 1.34. The van der Waals surface area contributed by atoms with Crippen LogP contribution in [0.3, 0.4) is 0 Å². The third kappa shape index (κ3) is 6.71. The van der Waals surface area contributed by atoms with E-state index in [1.807, 2.05) is 6.92 Å². The van der Waals surface area contributed by atoms with Crippen LogP contribution in [0.5, 0.6) is 0 Å². The molecule has 1 aliphatic carbocycles. The van der Waals surface area contributed by atoms with E-state index in [0.29, 0.717) is 22.2 Å². The molecule has 0 aliphatic heterocycles. The van der Waals surface area contributed by atoms with Crippen molar-refractivity contribution in [2.75, 3.05) is 16.6 Å². The van der Waals surface area contributed by atoms with Gasteiger partial charge in [-0.1, -0.05) is 30.7 Å². The van der Waals surface area contributed by atoms with Gasteiger partial charge in [0.15, 0.2) is 6.10 Å². The van der Waals surface area contributed by atoms with Crippen LogP contribution >= 0.6 is 11.3 Å². The van der Waals surface area contributed by atoms with Crippen molar-refractivity contribution in [1.82, 2.24) is 0 Å². The molecular formula is C29H32N2O7S2. The maximum Gasteiger partial charge on any atom is 0.341 e. The summed E-state index contributed by atoms with van der Waals surface area (Å²) in [5.41, 5.74) is 2.60. The number of hydrogen-bond acceptors (Lipinski definition) is 8. The summed E-state index contributed by atoms with van der Waals surface area (Å²) in [6, 6.07) is 12.2. The average molecular weight is 585 g/mol. The number of thiophene rings is 1. The highest BCUT2D eigenvalue weighted by Crippen LogP contribution is 2.40. The molecule has 1 amide bonds. The molecule has 1 aromatic heterocycles. The molecular weight excluding hydrogens is 552 g/mol. The second-order valence-corrected chi connectivity index (χ2v) is 12.6. The van der Waals surface area contributed by atoms with Crippen LogP contribution in [0.1, 0.15) is 63.9 Å². The molecule has 1 aliphatic rings. The van der Waals surface area contributed by atoms with Crippen molar-refractivity contribution in [1.29, 1.82) is 0 Å². The van der Waals surface area contributed by atoms with Gasteiger partial charge in [-0.3, -0.25) is 9.52 Å². The highest BCUT2D eigenvalue weighted by Gasteiger charge is 2.30. The Morgan fingerprint density at radius 3 is 2.52 bits per heavy atom. The smallest absolute Gasteiger partial charge is 0.341 e. The normalized spacial score (nSPS) is 15.4. The number of fused-ring (bicyclic) bond motifs is 1. The third-order valence-corrected chi connectivity index (χ3v) is 9.11. The van der Waals surface area contributed by atoms with Crippen LogP contribution in [0.25, 0.3) is 0 Å². The number of amides is 1. The Balaban J connectivity index is 1.47. The Morgan fingerprint density at radius 2 is 1.82 bits per heavy atom. The van der Waals surface area contributed by atoms with Crippen LogP contribution < -0.4 is 10.0 Å². The van der Waals surface area contributed by atoms with Gasteiger partial charge >= 0.3 is 11.9 Å². The lowest BCUT2D eigenvalue weighted by Gasteiger charge is -2.18. The molecule has 0 bridgehead atoms. The standard InChI is InChI=1S/C29H32N2O7S2/c1-5-37-29(34)25-23-14-11-18(3)15-24(23)39-27(25)30-26(32)19(4)38-28(33)20-7-6-8-22(16-20)40(35,36)31-21-12-9-17(2)10-13-21/h6-10,12-13,16,18-19,31H,5,11,14-15H2,1-4H3,(H,30,32)/t18-,19+/m0/s1. The molecule has 3 aromatic rings. The molecule has 2 N–H and O–H groups in total. The van der Waals surface area contributed by atoms with Crippen LogP contribution in [-0.4, -0.2) is 39.0 Å². The average Bonchev–Trinajstić information content (AvgIpc) is 3.26. The van der Waals surface area contributed by atoms with E-state index in [4.69, 9.17) is 9.47 Å². The van der Waals surface area contributed by atoms with Crippen molar-refractivity contribution in [2.45, 2.75) is 58.0 Å². The number of carbonyl (C=O) groups excluding carboxylic acids is 3. The molecule has 0 unspecified atom stereocenters. The molecule has 40 heavy (non-hydrogen) atoms. The van der Waals surface area contributed by atoms with E-state index in [1.165, 1.54) is 42.5 Å². The first-order chi connectivity index (χ1) is 19.0. The Labute approximate surface area is 237 Å². The van der Waals surface area contributed by atoms with E-state index < -0.39 is 34.0 Å². The number of carbonyl (C=O) groups is 3. The quantitative estimate of drug-likeness (QED) is 0.325. The maximum atomic E-state index is 13.0. The second kappa shape index (κ2) is 12.2. The summed E-state index contributed by atoms with van der Waals surface area (Å²) in [5, 5.41) is 3.12. The SMILES string of the molecule is CCOC(=O)c1c(NC(=O)[C@@H](C)OC(=O)c2cccc(S(=O)(=O)Nc3ccc(C)cc3)c2)sc2c1CC[C@H](C)C2. The number of sulfonamides is 1. The van der Waals surface area contributed by atoms with Crippen molar-refractivity contribution in [2.24, 2.45) is 5.92 Å². The zero-order valence-electron chi connectivity index (χ0n) is 22.8. The van der Waals surface area contributed by atoms with Gasteiger partial charge in [0.1, 0.15) is 5.00 Å². The Kier molecular flexibility index (Phi) is 8.95. The van der Waals surface area contributed by atoms with Crippen LogP contribution in [0, 0.1) is 12.8 Å².